The SMILES string of the molecule is C.CC1(C)OB(B2OC(C)(C)C(C)(C)O2)OC1(C)C.CCCCCCc1cc(-c2ccc(-c3ccc(CCCC)cc3)cc2)c(CCCCCC)cc1-c1ccc(-c2ccc(Br)cc2)cc1.CCCCCCc1cc(-c2ccc(-c3ccc(CCCC)cc3)cc2)c(CCCCCC)cc1-c1ccc(-c2ccc(C)cc2)cc1. The third kappa shape index (κ3) is 24.9. The summed E-state index contributed by atoms with van der Waals surface area (Å²) in [5, 5.41) is 0. The molecule has 0 unspecified atom stereocenters. The minimum Gasteiger partial charge on any atom is -0.405 e. The van der Waals surface area contributed by atoms with Crippen LogP contribution in [0.3, 0.4) is 0 Å². The summed E-state index contributed by atoms with van der Waals surface area (Å²) in [6.07, 6.45) is 32.2. The van der Waals surface area contributed by atoms with Crippen molar-refractivity contribution in [1.82, 2.24) is 0 Å². The first kappa shape index (κ1) is 89.6. The number of benzene rings is 10. The van der Waals surface area contributed by atoms with Crippen LogP contribution in [-0.4, -0.2) is 36.4 Å². The van der Waals surface area contributed by atoms with E-state index in [1.54, 1.807) is 0 Å². The zero-order chi connectivity index (χ0) is 79.7. The van der Waals surface area contributed by atoms with Crippen LogP contribution in [0.4, 0.5) is 0 Å². The van der Waals surface area contributed by atoms with Gasteiger partial charge in [-0.2, -0.15) is 0 Å². The molecule has 2 aliphatic heterocycles. The van der Waals surface area contributed by atoms with Crippen LogP contribution >= 0.6 is 15.9 Å². The summed E-state index contributed by atoms with van der Waals surface area (Å²) in [6, 6.07) is 83.5. The summed E-state index contributed by atoms with van der Waals surface area (Å²) < 4.78 is 25.0. The molecule has 113 heavy (non-hydrogen) atoms. The highest BCUT2D eigenvalue weighted by Crippen LogP contribution is 2.45. The van der Waals surface area contributed by atoms with Crippen molar-refractivity contribution in [2.75, 3.05) is 0 Å². The van der Waals surface area contributed by atoms with Gasteiger partial charge >= 0.3 is 14.0 Å². The third-order valence-corrected chi connectivity index (χ3v) is 24.7. The van der Waals surface area contributed by atoms with Crippen molar-refractivity contribution >= 4 is 29.9 Å². The molecule has 0 aromatic heterocycles. The third-order valence-electron chi connectivity index (χ3n) is 24.2. The number of hydrogen-bond donors (Lipinski definition) is 0. The molecule has 0 radical (unpaired) electrons. The Kier molecular flexibility index (Phi) is 34.5. The molecule has 0 bridgehead atoms. The summed E-state index contributed by atoms with van der Waals surface area (Å²) in [6.45, 7) is 32.1. The second-order valence-corrected chi connectivity index (χ2v) is 35.0. The van der Waals surface area contributed by atoms with Gasteiger partial charge < -0.3 is 18.6 Å². The maximum Gasteiger partial charge on any atom is 0.488 e. The highest BCUT2D eigenvalue weighted by atomic mass is 79.9. The molecule has 12 rings (SSSR count). The summed E-state index contributed by atoms with van der Waals surface area (Å²) in [4.78, 5) is 0. The number of halogens is 1. The number of hydrogen-bond acceptors (Lipinski definition) is 4. The lowest BCUT2D eigenvalue weighted by Gasteiger charge is -2.32. The predicted octanol–water partition coefficient (Wildman–Crippen LogP) is 31.8. The fraction of sp³-hybridized carbons (Fsp3) is 0.434. The molecule has 2 saturated heterocycles. The summed E-state index contributed by atoms with van der Waals surface area (Å²) >= 11 is 3.58. The Balaban J connectivity index is 0.000000211. The Bertz CT molecular complexity index is 4140. The van der Waals surface area contributed by atoms with E-state index < -0.39 is 14.0 Å². The van der Waals surface area contributed by atoms with E-state index in [0.717, 1.165) is 30.2 Å². The van der Waals surface area contributed by atoms with Gasteiger partial charge in [-0.05, 0) is 274 Å². The van der Waals surface area contributed by atoms with E-state index in [1.165, 1.54) is 269 Å². The second-order valence-electron chi connectivity index (χ2n) is 34.1. The van der Waals surface area contributed by atoms with Crippen molar-refractivity contribution in [3.05, 3.63) is 262 Å². The lowest BCUT2D eigenvalue weighted by molar-refractivity contribution is 0.00578. The molecule has 10 aromatic carbocycles. The first-order chi connectivity index (χ1) is 54.1. The largest absolute Gasteiger partial charge is 0.488 e. The Morgan fingerprint density at radius 3 is 0.655 bits per heavy atom. The zero-order valence-corrected chi connectivity index (χ0v) is 72.9. The summed E-state index contributed by atoms with van der Waals surface area (Å²) in [5.74, 6) is 0. The van der Waals surface area contributed by atoms with Crippen LogP contribution in [0.2, 0.25) is 0 Å². The quantitative estimate of drug-likeness (QED) is 0.0293. The van der Waals surface area contributed by atoms with E-state index in [1.807, 2.05) is 55.4 Å². The van der Waals surface area contributed by atoms with Crippen LogP contribution in [0.1, 0.15) is 272 Å². The maximum absolute atomic E-state index is 5.96. The minimum absolute atomic E-state index is 0. The average Bonchev–Trinajstić information content (AvgIpc) is 1.58. The summed E-state index contributed by atoms with van der Waals surface area (Å²) in [5.41, 5.74) is 30.0. The van der Waals surface area contributed by atoms with E-state index in [0.29, 0.717) is 0 Å². The smallest absolute Gasteiger partial charge is 0.405 e. The van der Waals surface area contributed by atoms with E-state index in [-0.39, 0.29) is 29.8 Å². The monoisotopic (exact) mass is 1570 g/mol. The minimum atomic E-state index is -0.476. The molecule has 2 fully saturated rings. The van der Waals surface area contributed by atoms with Gasteiger partial charge in [0.25, 0.3) is 0 Å². The molecule has 0 atom stereocenters. The Morgan fingerprint density at radius 2 is 0.434 bits per heavy atom. The van der Waals surface area contributed by atoms with Gasteiger partial charge in [-0.1, -0.05) is 367 Å². The fourth-order valence-electron chi connectivity index (χ4n) is 15.5. The predicted molar refractivity (Wildman–Crippen MR) is 496 cm³/mol. The van der Waals surface area contributed by atoms with Crippen molar-refractivity contribution < 1.29 is 18.6 Å². The fourth-order valence-corrected chi connectivity index (χ4v) is 15.8. The van der Waals surface area contributed by atoms with Crippen LogP contribution in [0, 0.1) is 6.92 Å². The second kappa shape index (κ2) is 43.6. The molecule has 0 amide bonds. The molecule has 0 saturated carbocycles. The maximum atomic E-state index is 5.96. The van der Waals surface area contributed by atoms with Crippen LogP contribution < -0.4 is 0 Å². The molecule has 2 heterocycles. The standard InChI is InChI=1S/C47H56.C46H53Br.C12H24B2O4.CH4/c1-5-8-11-13-16-44-35-47(43-32-28-41(29-33-43)39-24-20-37(21-25-39)15-10-7-3)45(17-14-12-9-6-2)34-46(44)42-30-26-40(27-31-42)38-22-18-36(4)19-23-38;1-4-7-10-12-15-42-34-46(41-27-23-38(24-28-41)39-29-31-44(47)32-30-39)43(16-13-11-8-5-2)33-45(42)40-25-21-37(22-26-40)36-19-17-35(18-20-36)14-9-6-3;1-9(2)10(3,4)16-13(15-9)14-17-11(5,6)12(7,8)18-14;/h18-35H,5-17H2,1-4H3;17-34H,4-16H2,1-3H3;1-8H3;1H4. The van der Waals surface area contributed by atoms with Crippen molar-refractivity contribution in [2.45, 2.75) is 301 Å². The van der Waals surface area contributed by atoms with Gasteiger partial charge in [-0.3, -0.25) is 0 Å². The van der Waals surface area contributed by atoms with E-state index in [4.69, 9.17) is 18.6 Å². The molecular formula is C106H137B2BrO4. The normalized spacial score (nSPS) is 14.4. The zero-order valence-electron chi connectivity index (χ0n) is 71.3. The number of unbranched alkanes of at least 4 members (excludes halogenated alkanes) is 14. The lowest BCUT2D eigenvalue weighted by atomic mass is 9.49. The van der Waals surface area contributed by atoms with Gasteiger partial charge in [-0.15, -0.1) is 0 Å². The van der Waals surface area contributed by atoms with Gasteiger partial charge in [-0.25, -0.2) is 0 Å². The first-order valence-corrected chi connectivity index (χ1v) is 44.3. The molecule has 10 aromatic rings. The van der Waals surface area contributed by atoms with E-state index in [2.05, 4.69) is 283 Å². The van der Waals surface area contributed by atoms with Crippen LogP contribution in [0.15, 0.2) is 223 Å². The highest BCUT2D eigenvalue weighted by molar-refractivity contribution is 9.10. The van der Waals surface area contributed by atoms with Crippen molar-refractivity contribution in [3.8, 4) is 89.0 Å². The van der Waals surface area contributed by atoms with Crippen molar-refractivity contribution in [2.24, 2.45) is 0 Å². The van der Waals surface area contributed by atoms with Crippen LogP contribution in [-0.2, 0) is 57.1 Å². The van der Waals surface area contributed by atoms with Crippen molar-refractivity contribution in [1.29, 1.82) is 0 Å². The molecule has 0 N–H and O–H groups in total. The Hall–Kier alpha value is -7.35. The molecule has 7 heteroatoms. The first-order valence-electron chi connectivity index (χ1n) is 43.5. The highest BCUT2D eigenvalue weighted by Gasteiger charge is 2.63. The van der Waals surface area contributed by atoms with Gasteiger partial charge in [0.15, 0.2) is 0 Å². The summed E-state index contributed by atoms with van der Waals surface area (Å²) in [7, 11) is -0.952. The van der Waals surface area contributed by atoms with Gasteiger partial charge in [0.2, 0.25) is 0 Å². The van der Waals surface area contributed by atoms with E-state index >= 15 is 0 Å². The average molecular weight is 1580 g/mol. The Morgan fingerprint density at radius 1 is 0.239 bits per heavy atom. The van der Waals surface area contributed by atoms with Gasteiger partial charge in [0.05, 0.1) is 22.4 Å². The molecule has 0 spiro atoms. The van der Waals surface area contributed by atoms with Gasteiger partial charge in [0.1, 0.15) is 0 Å². The Labute approximate surface area is 695 Å². The lowest BCUT2D eigenvalue weighted by Crippen LogP contribution is -2.41. The van der Waals surface area contributed by atoms with Crippen LogP contribution in [0.5, 0.6) is 0 Å². The molecule has 0 aliphatic carbocycles. The van der Waals surface area contributed by atoms with Crippen LogP contribution in [0.25, 0.3) is 89.0 Å². The molecular weight excluding hydrogens is 1440 g/mol. The molecule has 4 nitrogen and oxygen atoms in total. The molecule has 598 valence electrons. The van der Waals surface area contributed by atoms with Gasteiger partial charge in [0, 0.05) is 4.47 Å². The number of aryl methyl sites for hydroxylation is 7. The number of rotatable bonds is 35. The molecule has 2 aliphatic rings. The van der Waals surface area contributed by atoms with E-state index in [9.17, 15) is 0 Å². The topological polar surface area (TPSA) is 36.9 Å². The van der Waals surface area contributed by atoms with Crippen molar-refractivity contribution in [3.63, 3.8) is 0 Å².